The molecule has 2 heterocycles. The van der Waals surface area contributed by atoms with Gasteiger partial charge < -0.3 is 10.2 Å². The Labute approximate surface area is 191 Å². The molecule has 2 N–H and O–H groups in total. The lowest BCUT2D eigenvalue weighted by atomic mass is 10.2. The van der Waals surface area contributed by atoms with Crippen molar-refractivity contribution in [2.24, 2.45) is 0 Å². The van der Waals surface area contributed by atoms with E-state index < -0.39 is 0 Å². The van der Waals surface area contributed by atoms with Crippen LogP contribution in [-0.2, 0) is 0 Å². The van der Waals surface area contributed by atoms with Crippen molar-refractivity contribution in [1.82, 2.24) is 14.8 Å². The molecule has 32 heavy (non-hydrogen) atoms. The second-order valence-electron chi connectivity index (χ2n) is 7.39. The van der Waals surface area contributed by atoms with Gasteiger partial charge in [0.25, 0.3) is 5.91 Å². The van der Waals surface area contributed by atoms with Gasteiger partial charge in [-0.1, -0.05) is 60.7 Å². The smallest absolute Gasteiger partial charge is 0.325 e. The average Bonchev–Trinajstić information content (AvgIpc) is 3.29. The molecule has 1 saturated heterocycles. The summed E-state index contributed by atoms with van der Waals surface area (Å²) in [5.41, 5.74) is 2.24. The number of benzene rings is 2. The van der Waals surface area contributed by atoms with Crippen molar-refractivity contribution in [3.63, 3.8) is 0 Å². The van der Waals surface area contributed by atoms with Gasteiger partial charge in [-0.05, 0) is 17.7 Å². The Hall–Kier alpha value is -3.49. The Morgan fingerprint density at radius 1 is 0.938 bits per heavy atom. The molecule has 1 aromatic heterocycles. The molecule has 2 aromatic carbocycles. The summed E-state index contributed by atoms with van der Waals surface area (Å²) in [7, 11) is 0. The molecule has 0 radical (unpaired) electrons. The van der Waals surface area contributed by atoms with E-state index in [1.54, 1.807) is 17.5 Å². The lowest BCUT2D eigenvalue weighted by Crippen LogP contribution is -2.48. The highest BCUT2D eigenvalue weighted by Gasteiger charge is 2.23. The number of piperazine rings is 1. The van der Waals surface area contributed by atoms with Crippen LogP contribution in [0.15, 0.2) is 72.1 Å². The first-order valence-corrected chi connectivity index (χ1v) is 11.4. The third-order valence-corrected chi connectivity index (χ3v) is 5.87. The molecule has 1 fully saturated rings. The maximum Gasteiger partial charge on any atom is 0.325 e. The molecule has 3 amide bonds. The van der Waals surface area contributed by atoms with Gasteiger partial charge in [0.05, 0.1) is 0 Å². The molecule has 8 heteroatoms. The molecule has 164 valence electrons. The third-order valence-electron chi connectivity index (χ3n) is 5.11. The number of hydrogen-bond acceptors (Lipinski definition) is 5. The topological polar surface area (TPSA) is 77.6 Å². The summed E-state index contributed by atoms with van der Waals surface area (Å²) in [5.74, 6) is -0.0998. The summed E-state index contributed by atoms with van der Waals surface area (Å²) in [6, 6.07) is 19.0. The number of carbonyl (C=O) groups is 2. The van der Waals surface area contributed by atoms with Crippen LogP contribution in [0.3, 0.4) is 0 Å². The summed E-state index contributed by atoms with van der Waals surface area (Å²) >= 11 is 1.24. The van der Waals surface area contributed by atoms with Crippen LogP contribution in [0.5, 0.6) is 0 Å². The van der Waals surface area contributed by atoms with Crippen molar-refractivity contribution >= 4 is 40.2 Å². The van der Waals surface area contributed by atoms with Gasteiger partial charge in [-0.15, -0.1) is 11.3 Å². The van der Waals surface area contributed by atoms with Crippen molar-refractivity contribution in [3.05, 3.63) is 83.4 Å². The molecular weight excluding hydrogens is 422 g/mol. The van der Waals surface area contributed by atoms with Crippen LogP contribution in [-0.4, -0.2) is 59.4 Å². The molecule has 0 spiro atoms. The third kappa shape index (κ3) is 6.03. The highest BCUT2D eigenvalue weighted by atomic mass is 32.1. The standard InChI is InChI=1S/C24H25N5O2S/c30-22(21-18-32-24(26-21)27-23(31)25-20-11-5-2-6-12-20)29-16-14-28(15-17-29)13-7-10-19-8-3-1-4-9-19/h1-12,18H,13-17H2,(H2,25,26,27,31)/b10-7+. The summed E-state index contributed by atoms with van der Waals surface area (Å²) in [6.07, 6.45) is 4.28. The molecular formula is C24H25N5O2S. The van der Waals surface area contributed by atoms with Crippen LogP contribution in [0.2, 0.25) is 0 Å². The Morgan fingerprint density at radius 3 is 2.34 bits per heavy atom. The minimum absolute atomic E-state index is 0.0998. The molecule has 3 aromatic rings. The molecule has 0 saturated carbocycles. The second kappa shape index (κ2) is 10.7. The molecule has 7 nitrogen and oxygen atoms in total. The predicted molar refractivity (Wildman–Crippen MR) is 129 cm³/mol. The van der Waals surface area contributed by atoms with Crippen LogP contribution in [0.25, 0.3) is 6.08 Å². The van der Waals surface area contributed by atoms with Crippen molar-refractivity contribution in [3.8, 4) is 0 Å². The van der Waals surface area contributed by atoms with E-state index in [1.807, 2.05) is 41.3 Å². The predicted octanol–water partition coefficient (Wildman–Crippen LogP) is 4.26. The van der Waals surface area contributed by atoms with E-state index in [1.165, 1.54) is 16.9 Å². The monoisotopic (exact) mass is 447 g/mol. The maximum absolute atomic E-state index is 12.8. The van der Waals surface area contributed by atoms with Crippen molar-refractivity contribution in [2.75, 3.05) is 43.4 Å². The Balaban J connectivity index is 1.23. The van der Waals surface area contributed by atoms with E-state index in [2.05, 4.69) is 44.8 Å². The molecule has 0 bridgehead atoms. The number of hydrogen-bond donors (Lipinski definition) is 2. The highest BCUT2D eigenvalue weighted by Crippen LogP contribution is 2.18. The fourth-order valence-electron chi connectivity index (χ4n) is 3.41. The minimum Gasteiger partial charge on any atom is -0.335 e. The number of thiazole rings is 1. The zero-order chi connectivity index (χ0) is 22.2. The van der Waals surface area contributed by atoms with Crippen LogP contribution in [0, 0.1) is 0 Å². The van der Waals surface area contributed by atoms with Gasteiger partial charge in [0.1, 0.15) is 5.69 Å². The highest BCUT2D eigenvalue weighted by molar-refractivity contribution is 7.14. The van der Waals surface area contributed by atoms with Crippen LogP contribution in [0.4, 0.5) is 15.6 Å². The number of nitrogens with zero attached hydrogens (tertiary/aromatic N) is 3. The van der Waals surface area contributed by atoms with Crippen molar-refractivity contribution in [1.29, 1.82) is 0 Å². The number of nitrogens with one attached hydrogen (secondary N) is 2. The van der Waals surface area contributed by atoms with Crippen LogP contribution < -0.4 is 10.6 Å². The number of carbonyl (C=O) groups excluding carboxylic acids is 2. The summed E-state index contributed by atoms with van der Waals surface area (Å²) in [4.78, 5) is 33.4. The minimum atomic E-state index is -0.387. The number of anilines is 2. The zero-order valence-electron chi connectivity index (χ0n) is 17.6. The summed E-state index contributed by atoms with van der Waals surface area (Å²) in [5, 5.41) is 7.50. The summed E-state index contributed by atoms with van der Waals surface area (Å²) in [6.45, 7) is 3.82. The first kappa shape index (κ1) is 21.7. The van der Waals surface area contributed by atoms with E-state index in [9.17, 15) is 9.59 Å². The molecule has 0 aliphatic carbocycles. The van der Waals surface area contributed by atoms with Gasteiger partial charge in [-0.2, -0.15) is 0 Å². The van der Waals surface area contributed by atoms with Gasteiger partial charge >= 0.3 is 6.03 Å². The number of amides is 3. The lowest BCUT2D eigenvalue weighted by Gasteiger charge is -2.33. The van der Waals surface area contributed by atoms with Crippen LogP contribution >= 0.6 is 11.3 Å². The normalized spacial score (nSPS) is 14.4. The van der Waals surface area contributed by atoms with Crippen LogP contribution in [0.1, 0.15) is 16.1 Å². The largest absolute Gasteiger partial charge is 0.335 e. The van der Waals surface area contributed by atoms with Gasteiger partial charge in [-0.25, -0.2) is 9.78 Å². The van der Waals surface area contributed by atoms with Gasteiger partial charge in [0.15, 0.2) is 5.13 Å². The SMILES string of the molecule is O=C(Nc1ccccc1)Nc1nc(C(=O)N2CCN(C/C=C/c3ccccc3)CC2)cs1. The Bertz CT molecular complexity index is 1060. The molecule has 1 aliphatic rings. The van der Waals surface area contributed by atoms with E-state index in [-0.39, 0.29) is 11.9 Å². The van der Waals surface area contributed by atoms with Gasteiger partial charge in [-0.3, -0.25) is 15.0 Å². The van der Waals surface area contributed by atoms with Crippen molar-refractivity contribution < 1.29 is 9.59 Å². The first-order chi connectivity index (χ1) is 15.7. The molecule has 0 atom stereocenters. The summed E-state index contributed by atoms with van der Waals surface area (Å²) < 4.78 is 0. The lowest BCUT2D eigenvalue weighted by molar-refractivity contribution is 0.0645. The van der Waals surface area contributed by atoms with Gasteiger partial charge in [0, 0.05) is 43.8 Å². The van der Waals surface area contributed by atoms with E-state index in [0.717, 1.165) is 19.6 Å². The number of para-hydroxylation sites is 1. The first-order valence-electron chi connectivity index (χ1n) is 10.5. The Morgan fingerprint density at radius 2 is 1.62 bits per heavy atom. The molecule has 4 rings (SSSR count). The number of aromatic nitrogens is 1. The molecule has 1 aliphatic heterocycles. The Kier molecular flexibility index (Phi) is 7.27. The maximum atomic E-state index is 12.8. The molecule has 0 unspecified atom stereocenters. The quantitative estimate of drug-likeness (QED) is 0.592. The fourth-order valence-corrected chi connectivity index (χ4v) is 4.09. The zero-order valence-corrected chi connectivity index (χ0v) is 18.4. The fraction of sp³-hybridized carbons (Fsp3) is 0.208. The van der Waals surface area contributed by atoms with E-state index in [0.29, 0.717) is 29.6 Å². The van der Waals surface area contributed by atoms with Gasteiger partial charge in [0.2, 0.25) is 0 Å². The van der Waals surface area contributed by atoms with E-state index >= 15 is 0 Å². The number of urea groups is 1. The van der Waals surface area contributed by atoms with Crippen molar-refractivity contribution in [2.45, 2.75) is 0 Å². The number of rotatable bonds is 6. The second-order valence-corrected chi connectivity index (χ2v) is 8.25. The van der Waals surface area contributed by atoms with E-state index in [4.69, 9.17) is 0 Å². The average molecular weight is 448 g/mol.